The van der Waals surface area contributed by atoms with E-state index in [4.69, 9.17) is 27.9 Å². The summed E-state index contributed by atoms with van der Waals surface area (Å²) in [5.41, 5.74) is 5.31. The minimum atomic E-state index is -0.362. The molecule has 0 aliphatic heterocycles. The Morgan fingerprint density at radius 1 is 1.00 bits per heavy atom. The van der Waals surface area contributed by atoms with Crippen molar-refractivity contribution in [2.75, 3.05) is 11.9 Å². The predicted octanol–water partition coefficient (Wildman–Crippen LogP) is 5.08. The summed E-state index contributed by atoms with van der Waals surface area (Å²) in [7, 11) is 0. The topological polar surface area (TPSA) is 79.8 Å². The van der Waals surface area contributed by atoms with E-state index >= 15 is 0 Å². The Hall–Kier alpha value is -3.35. The first-order chi connectivity index (χ1) is 14.9. The molecule has 2 N–H and O–H groups in total. The number of nitrogens with zero attached hydrogens (tertiary/aromatic N) is 1. The number of hydrogen-bond donors (Lipinski definition) is 2. The van der Waals surface area contributed by atoms with Crippen LogP contribution in [0.3, 0.4) is 0 Å². The van der Waals surface area contributed by atoms with Crippen LogP contribution in [0, 0.1) is 6.92 Å². The van der Waals surface area contributed by atoms with E-state index in [0.29, 0.717) is 32.6 Å². The van der Waals surface area contributed by atoms with Crippen LogP contribution in [0.1, 0.15) is 21.5 Å². The molecule has 0 saturated carbocycles. The molecule has 8 heteroatoms. The second kappa shape index (κ2) is 10.6. The first-order valence-corrected chi connectivity index (χ1v) is 10.0. The van der Waals surface area contributed by atoms with Gasteiger partial charge in [-0.2, -0.15) is 5.10 Å². The monoisotopic (exact) mass is 455 g/mol. The average molecular weight is 456 g/mol. The summed E-state index contributed by atoms with van der Waals surface area (Å²) in [5.74, 6) is -0.294. The third-order valence-corrected chi connectivity index (χ3v) is 4.68. The number of hydrogen-bond acceptors (Lipinski definition) is 4. The van der Waals surface area contributed by atoms with Gasteiger partial charge < -0.3 is 10.1 Å². The van der Waals surface area contributed by atoms with Crippen LogP contribution in [0.5, 0.6) is 5.75 Å². The Morgan fingerprint density at radius 2 is 1.71 bits per heavy atom. The number of carbonyl (C=O) groups is 2. The molecule has 0 bridgehead atoms. The number of hydrazone groups is 1. The van der Waals surface area contributed by atoms with Crippen molar-refractivity contribution < 1.29 is 14.3 Å². The summed E-state index contributed by atoms with van der Waals surface area (Å²) in [6.07, 6.45) is 1.45. The zero-order chi connectivity index (χ0) is 22.2. The van der Waals surface area contributed by atoms with Gasteiger partial charge in [-0.15, -0.1) is 0 Å². The van der Waals surface area contributed by atoms with Crippen molar-refractivity contribution >= 4 is 46.9 Å². The van der Waals surface area contributed by atoms with Gasteiger partial charge in [-0.1, -0.05) is 40.9 Å². The second-order valence-corrected chi connectivity index (χ2v) is 7.44. The Bertz CT molecular complexity index is 1100. The Morgan fingerprint density at radius 3 is 2.39 bits per heavy atom. The lowest BCUT2D eigenvalue weighted by molar-refractivity contribution is -0.118. The fraction of sp³-hybridized carbons (Fsp3) is 0.0870. The van der Waals surface area contributed by atoms with Gasteiger partial charge in [-0.05, 0) is 67.1 Å². The van der Waals surface area contributed by atoms with Gasteiger partial charge in [-0.25, -0.2) is 5.43 Å². The number of nitrogens with one attached hydrogen (secondary N) is 2. The first kappa shape index (κ1) is 22.3. The molecule has 6 nitrogen and oxygen atoms in total. The van der Waals surface area contributed by atoms with E-state index in [0.717, 1.165) is 5.56 Å². The van der Waals surface area contributed by atoms with Crippen molar-refractivity contribution in [1.29, 1.82) is 0 Å². The number of aryl methyl sites for hydroxylation is 1. The molecule has 0 aliphatic rings. The molecular weight excluding hydrogens is 437 g/mol. The maximum atomic E-state index is 12.0. The Labute approximate surface area is 189 Å². The molecule has 3 aromatic carbocycles. The van der Waals surface area contributed by atoms with Crippen LogP contribution in [0.25, 0.3) is 0 Å². The molecule has 0 aromatic heterocycles. The molecule has 0 spiro atoms. The van der Waals surface area contributed by atoms with Crippen LogP contribution in [0.15, 0.2) is 71.8 Å². The lowest BCUT2D eigenvalue weighted by Gasteiger charge is -2.09. The summed E-state index contributed by atoms with van der Waals surface area (Å²) >= 11 is 12.0. The molecule has 0 aliphatic carbocycles. The lowest BCUT2D eigenvalue weighted by atomic mass is 10.2. The molecule has 0 fully saturated rings. The van der Waals surface area contributed by atoms with Gasteiger partial charge in [0.2, 0.25) is 0 Å². The third-order valence-electron chi connectivity index (χ3n) is 4.14. The standard InChI is InChI=1S/C23H19Cl2N3O3/c1-15-2-9-19(10-3-15)27-22(29)14-31-21-11-4-16(12-20(21)25)13-26-28-23(30)17-5-7-18(24)8-6-17/h2-13H,14H2,1H3,(H,27,29)(H,28,30)/b26-13-. The number of amides is 2. The number of benzene rings is 3. The van der Waals surface area contributed by atoms with Gasteiger partial charge in [0.25, 0.3) is 11.8 Å². The van der Waals surface area contributed by atoms with Crippen molar-refractivity contribution in [2.24, 2.45) is 5.10 Å². The van der Waals surface area contributed by atoms with Crippen molar-refractivity contribution in [3.05, 3.63) is 93.5 Å². The molecule has 3 aromatic rings. The molecule has 0 unspecified atom stereocenters. The van der Waals surface area contributed by atoms with Crippen LogP contribution in [-0.4, -0.2) is 24.6 Å². The third kappa shape index (κ3) is 6.84. The van der Waals surface area contributed by atoms with Crippen molar-refractivity contribution in [1.82, 2.24) is 5.43 Å². The van der Waals surface area contributed by atoms with Crippen LogP contribution >= 0.6 is 23.2 Å². The smallest absolute Gasteiger partial charge is 0.271 e. The Balaban J connectivity index is 1.51. The highest BCUT2D eigenvalue weighted by atomic mass is 35.5. The summed E-state index contributed by atoms with van der Waals surface area (Å²) in [4.78, 5) is 24.1. The van der Waals surface area contributed by atoms with Crippen LogP contribution in [-0.2, 0) is 4.79 Å². The SMILES string of the molecule is Cc1ccc(NC(=O)COc2ccc(/C=N\NC(=O)c3ccc(Cl)cc3)cc2Cl)cc1. The molecule has 0 saturated heterocycles. The van der Waals surface area contributed by atoms with E-state index in [9.17, 15) is 9.59 Å². The predicted molar refractivity (Wildman–Crippen MR) is 123 cm³/mol. The minimum absolute atomic E-state index is 0.182. The van der Waals surface area contributed by atoms with Crippen LogP contribution < -0.4 is 15.5 Å². The molecule has 158 valence electrons. The van der Waals surface area contributed by atoms with Crippen molar-refractivity contribution in [2.45, 2.75) is 6.92 Å². The molecule has 3 rings (SSSR count). The van der Waals surface area contributed by atoms with Gasteiger partial charge in [0.05, 0.1) is 11.2 Å². The van der Waals surface area contributed by atoms with Gasteiger partial charge in [-0.3, -0.25) is 9.59 Å². The maximum absolute atomic E-state index is 12.0. The highest BCUT2D eigenvalue weighted by Gasteiger charge is 2.08. The summed E-state index contributed by atoms with van der Waals surface area (Å²) in [6.45, 7) is 1.79. The number of anilines is 1. The summed E-state index contributed by atoms with van der Waals surface area (Å²) < 4.78 is 5.49. The highest BCUT2D eigenvalue weighted by Crippen LogP contribution is 2.25. The molecule has 0 radical (unpaired) electrons. The van der Waals surface area contributed by atoms with Gasteiger partial charge in [0.15, 0.2) is 6.61 Å². The fourth-order valence-corrected chi connectivity index (χ4v) is 2.89. The average Bonchev–Trinajstić information content (AvgIpc) is 2.75. The molecule has 2 amide bonds. The van der Waals surface area contributed by atoms with Gasteiger partial charge in [0, 0.05) is 16.3 Å². The normalized spacial score (nSPS) is 10.7. The first-order valence-electron chi connectivity index (χ1n) is 9.28. The maximum Gasteiger partial charge on any atom is 0.271 e. The zero-order valence-corrected chi connectivity index (χ0v) is 18.1. The largest absolute Gasteiger partial charge is 0.482 e. The fourth-order valence-electron chi connectivity index (χ4n) is 2.52. The molecule has 0 atom stereocenters. The second-order valence-electron chi connectivity index (χ2n) is 6.60. The number of ether oxygens (including phenoxy) is 1. The minimum Gasteiger partial charge on any atom is -0.482 e. The van der Waals surface area contributed by atoms with E-state index < -0.39 is 0 Å². The molecule has 0 heterocycles. The van der Waals surface area contributed by atoms with Crippen molar-refractivity contribution in [3.8, 4) is 5.75 Å². The molecule has 31 heavy (non-hydrogen) atoms. The lowest BCUT2D eigenvalue weighted by Crippen LogP contribution is -2.20. The highest BCUT2D eigenvalue weighted by molar-refractivity contribution is 6.32. The summed E-state index contributed by atoms with van der Waals surface area (Å²) in [5, 5.41) is 7.53. The molecular formula is C23H19Cl2N3O3. The number of halogens is 2. The van der Waals surface area contributed by atoms with E-state index in [1.165, 1.54) is 6.21 Å². The summed E-state index contributed by atoms with van der Waals surface area (Å²) in [6, 6.07) is 18.9. The quantitative estimate of drug-likeness (QED) is 0.384. The van der Waals surface area contributed by atoms with E-state index in [1.807, 2.05) is 31.2 Å². The Kier molecular flexibility index (Phi) is 7.65. The van der Waals surface area contributed by atoms with Crippen LogP contribution in [0.2, 0.25) is 10.0 Å². The van der Waals surface area contributed by atoms with Gasteiger partial charge >= 0.3 is 0 Å². The number of carbonyl (C=O) groups excluding carboxylic acids is 2. The van der Waals surface area contributed by atoms with Gasteiger partial charge in [0.1, 0.15) is 5.75 Å². The van der Waals surface area contributed by atoms with E-state index in [1.54, 1.807) is 42.5 Å². The van der Waals surface area contributed by atoms with Crippen LogP contribution in [0.4, 0.5) is 5.69 Å². The van der Waals surface area contributed by atoms with E-state index in [-0.39, 0.29) is 18.4 Å². The zero-order valence-electron chi connectivity index (χ0n) is 16.6. The van der Waals surface area contributed by atoms with E-state index in [2.05, 4.69) is 15.8 Å². The number of rotatable bonds is 7. The van der Waals surface area contributed by atoms with Crippen molar-refractivity contribution in [3.63, 3.8) is 0 Å².